The molecule has 0 amide bonds. The van der Waals surface area contributed by atoms with Gasteiger partial charge in [0, 0.05) is 0 Å². The number of ether oxygens (including phenoxy) is 3. The Labute approximate surface area is 175 Å². The van der Waals surface area contributed by atoms with Crippen LogP contribution in [-0.2, 0) is 23.8 Å². The molecule has 1 aliphatic carbocycles. The molecule has 0 aromatic carbocycles. The van der Waals surface area contributed by atoms with Crippen LogP contribution in [0.5, 0.6) is 0 Å². The molecule has 5 nitrogen and oxygen atoms in total. The van der Waals surface area contributed by atoms with Gasteiger partial charge in [0.15, 0.2) is 0 Å². The van der Waals surface area contributed by atoms with Gasteiger partial charge in [0.2, 0.25) is 0 Å². The molecule has 0 spiro atoms. The summed E-state index contributed by atoms with van der Waals surface area (Å²) in [5.74, 6) is 2.13. The van der Waals surface area contributed by atoms with Crippen molar-refractivity contribution in [1.29, 1.82) is 0 Å². The summed E-state index contributed by atoms with van der Waals surface area (Å²) in [4.78, 5) is 23.7. The number of rotatable bonds is 16. The summed E-state index contributed by atoms with van der Waals surface area (Å²) in [6, 6.07) is 0. The first-order chi connectivity index (χ1) is 13.6. The predicted octanol–water partition coefficient (Wildman–Crippen LogP) is 0.0867. The maximum absolute atomic E-state index is 12.5. The van der Waals surface area contributed by atoms with Crippen LogP contribution in [0.4, 0.5) is 0 Å². The van der Waals surface area contributed by atoms with Crippen LogP contribution < -0.4 is 0 Å². The molecule has 0 aromatic rings. The fraction of sp³-hybridized carbons (Fsp3) is 0.667. The predicted molar refractivity (Wildman–Crippen MR) is 120 cm³/mol. The molecular weight excluding hydrogens is 372 g/mol. The molecule has 1 saturated carbocycles. The summed E-state index contributed by atoms with van der Waals surface area (Å²) in [6.07, 6.45) is 7.12. The molecule has 0 heterocycles. The van der Waals surface area contributed by atoms with Crippen LogP contribution in [0.15, 0.2) is 0 Å². The minimum absolute atomic E-state index is 0.0243. The van der Waals surface area contributed by atoms with Gasteiger partial charge in [-0.2, -0.15) is 0 Å². The van der Waals surface area contributed by atoms with E-state index in [1.807, 2.05) is 0 Å². The molecule has 1 fully saturated rings. The number of hydrogen-bond acceptors (Lipinski definition) is 6. The number of ketones is 1. The third-order valence-corrected chi connectivity index (χ3v) is 6.11. The van der Waals surface area contributed by atoms with Gasteiger partial charge in [0.1, 0.15) is 0 Å². The van der Waals surface area contributed by atoms with Crippen molar-refractivity contribution in [1.82, 2.24) is 0 Å². The quantitative estimate of drug-likeness (QED) is 0.210. The molecule has 10 heteroatoms. The average Bonchev–Trinajstić information content (AvgIpc) is 2.96. The van der Waals surface area contributed by atoms with E-state index >= 15 is 0 Å². The molecule has 0 aromatic heterocycles. The Morgan fingerprint density at radius 2 is 1.93 bits per heavy atom. The Morgan fingerprint density at radius 1 is 1.14 bits per heavy atom. The standard InChI is InChI=1S/C18H24B4O5S/c19-9-13(25-10-20)5-6-14-16(26-11-21)8-15(23)18(14)28-7-3-1-2-4-17(24)27-12-22/h9-14,16,18H,1-8H2/t13?,14-,16?,18?/m0/s1. The van der Waals surface area contributed by atoms with E-state index < -0.39 is 0 Å². The number of esters is 1. The van der Waals surface area contributed by atoms with Crippen molar-refractivity contribution < 1.29 is 23.8 Å². The van der Waals surface area contributed by atoms with Crippen molar-refractivity contribution in [3.63, 3.8) is 0 Å². The summed E-state index contributed by atoms with van der Waals surface area (Å²) in [6.45, 7) is 0. The Morgan fingerprint density at radius 3 is 2.57 bits per heavy atom. The molecule has 1 rings (SSSR count). The third-order valence-electron chi connectivity index (χ3n) is 4.61. The molecule has 144 valence electrons. The Bertz CT molecular complexity index is 560. The Hall–Kier alpha value is -1.17. The van der Waals surface area contributed by atoms with Gasteiger partial charge in [-0.15, -0.1) is 0 Å². The molecule has 0 bridgehead atoms. The molecule has 1 aliphatic rings. The Balaban J connectivity index is 2.48. The van der Waals surface area contributed by atoms with Crippen molar-refractivity contribution in [2.24, 2.45) is 5.92 Å². The van der Waals surface area contributed by atoms with Gasteiger partial charge in [-0.05, 0) is 0 Å². The normalized spacial score (nSPS) is 22.0. The first-order valence-corrected chi connectivity index (χ1v) is 10.4. The molecular formula is C18H24B4O5S. The summed E-state index contributed by atoms with van der Waals surface area (Å²) < 4.78 is 15.3. The van der Waals surface area contributed by atoms with E-state index in [2.05, 4.69) is 4.74 Å². The van der Waals surface area contributed by atoms with Crippen LogP contribution in [0.1, 0.15) is 44.9 Å². The number of hydrogen-bond donors (Lipinski definition) is 0. The second-order valence-corrected chi connectivity index (χ2v) is 7.70. The third kappa shape index (κ3) is 8.89. The van der Waals surface area contributed by atoms with Crippen LogP contribution in [0.25, 0.3) is 0 Å². The second kappa shape index (κ2) is 14.8. The van der Waals surface area contributed by atoms with Crippen molar-refractivity contribution in [3.05, 3.63) is 0 Å². The fourth-order valence-corrected chi connectivity index (χ4v) is 4.73. The number of unbranched alkanes of at least 4 members (excludes halogenated alkanes) is 2. The summed E-state index contributed by atoms with van der Waals surface area (Å²) in [5.41, 5.74) is 0. The molecule has 4 radical (unpaired) electrons. The molecule has 0 aliphatic heterocycles. The van der Waals surface area contributed by atoms with Crippen LogP contribution in [0.2, 0.25) is 0 Å². The maximum atomic E-state index is 12.5. The van der Waals surface area contributed by atoms with Crippen molar-refractivity contribution in [3.8, 4) is 0 Å². The molecule has 0 saturated heterocycles. The fourth-order valence-electron chi connectivity index (χ4n) is 3.26. The molecule has 0 N–H and O–H groups in total. The topological polar surface area (TPSA) is 61.8 Å². The van der Waals surface area contributed by atoms with Gasteiger partial charge in [-0.25, -0.2) is 0 Å². The van der Waals surface area contributed by atoms with Gasteiger partial charge in [0.25, 0.3) is 0 Å². The summed E-state index contributed by atoms with van der Waals surface area (Å²) >= 11 is 1.63. The molecule has 3 unspecified atom stereocenters. The van der Waals surface area contributed by atoms with E-state index in [4.69, 9.17) is 39.4 Å². The zero-order valence-electron chi connectivity index (χ0n) is 16.0. The number of thioether (sulfide) groups is 1. The Kier molecular flexibility index (Phi) is 13.1. The van der Waals surface area contributed by atoms with E-state index in [1.165, 1.54) is 5.97 Å². The SMILES string of the molecule is [B]=COC(=O)CCCCCSC1C(=O)CC(OC=[B])[C@@H]1CCC(C=[B])OC=[B]. The van der Waals surface area contributed by atoms with Crippen LogP contribution in [0, 0.1) is 5.92 Å². The zero-order chi connectivity index (χ0) is 20.8. The van der Waals surface area contributed by atoms with E-state index in [0.717, 1.165) is 43.5 Å². The van der Waals surface area contributed by atoms with Gasteiger partial charge in [-0.3, -0.25) is 0 Å². The van der Waals surface area contributed by atoms with Crippen LogP contribution in [-0.4, -0.2) is 89.3 Å². The second-order valence-electron chi connectivity index (χ2n) is 6.45. The molecule has 28 heavy (non-hydrogen) atoms. The number of carbonyl (C=O) groups is 2. The molecule has 4 atom stereocenters. The van der Waals surface area contributed by atoms with Gasteiger partial charge in [-0.1, -0.05) is 0 Å². The van der Waals surface area contributed by atoms with Gasteiger partial charge >= 0.3 is 176 Å². The number of carbonyl (C=O) groups excluding carboxylic acids is 2. The minimum atomic E-state index is -0.331. The van der Waals surface area contributed by atoms with Crippen molar-refractivity contribution in [2.75, 3.05) is 5.75 Å². The first kappa shape index (κ1) is 24.9. The van der Waals surface area contributed by atoms with Gasteiger partial charge in [0.05, 0.1) is 0 Å². The van der Waals surface area contributed by atoms with E-state index in [1.54, 1.807) is 11.8 Å². The first-order valence-electron chi connectivity index (χ1n) is 9.37. The average molecular weight is 396 g/mol. The van der Waals surface area contributed by atoms with Crippen molar-refractivity contribution >= 4 is 77.9 Å². The number of Topliss-reactive ketones (excluding diaryl/α,β-unsaturated/α-hetero) is 1. The van der Waals surface area contributed by atoms with Crippen LogP contribution in [0.3, 0.4) is 0 Å². The monoisotopic (exact) mass is 396 g/mol. The van der Waals surface area contributed by atoms with Crippen LogP contribution >= 0.6 is 11.8 Å². The van der Waals surface area contributed by atoms with E-state index in [-0.39, 0.29) is 35.1 Å². The van der Waals surface area contributed by atoms with Crippen molar-refractivity contribution in [2.45, 2.75) is 62.4 Å². The summed E-state index contributed by atoms with van der Waals surface area (Å²) in [5, 5.41) is -0.151. The van der Waals surface area contributed by atoms with E-state index in [0.29, 0.717) is 25.7 Å². The van der Waals surface area contributed by atoms with Gasteiger partial charge < -0.3 is 0 Å². The van der Waals surface area contributed by atoms with E-state index in [9.17, 15) is 9.59 Å². The summed E-state index contributed by atoms with van der Waals surface area (Å²) in [7, 11) is 21.3. The zero-order valence-corrected chi connectivity index (χ0v) is 16.9.